The Morgan fingerprint density at radius 2 is 1.91 bits per heavy atom. The second-order valence-corrected chi connectivity index (χ2v) is 5.50. The van der Waals surface area contributed by atoms with Crippen LogP contribution in [0.2, 0.25) is 0 Å². The summed E-state index contributed by atoms with van der Waals surface area (Å²) in [5.74, 6) is -0.0906. The summed E-state index contributed by atoms with van der Waals surface area (Å²) < 4.78 is 0. The first-order chi connectivity index (χ1) is 10.8. The van der Waals surface area contributed by atoms with Crippen LogP contribution in [0.1, 0.15) is 17.4 Å². The van der Waals surface area contributed by atoms with Gasteiger partial charge in [0.05, 0.1) is 5.69 Å². The van der Waals surface area contributed by atoms with Crippen LogP contribution in [-0.2, 0) is 0 Å². The summed E-state index contributed by atoms with van der Waals surface area (Å²) in [6.07, 6.45) is 1.72. The number of carbonyl (C=O) groups excluding carboxylic acids is 1. The fourth-order valence-corrected chi connectivity index (χ4v) is 2.94. The molecule has 4 nitrogen and oxygen atoms in total. The van der Waals surface area contributed by atoms with Gasteiger partial charge in [-0.05, 0) is 31.2 Å². The molecule has 0 aliphatic heterocycles. The zero-order valence-electron chi connectivity index (χ0n) is 12.1. The predicted molar refractivity (Wildman–Crippen MR) is 89.1 cm³/mol. The van der Waals surface area contributed by atoms with Crippen LogP contribution in [0.3, 0.4) is 0 Å². The molecule has 1 amide bonds. The van der Waals surface area contributed by atoms with Gasteiger partial charge in [-0.25, -0.2) is 4.98 Å². The third kappa shape index (κ3) is 2.89. The van der Waals surface area contributed by atoms with Gasteiger partial charge in [0.1, 0.15) is 10.7 Å². The van der Waals surface area contributed by atoms with Gasteiger partial charge in [0.2, 0.25) is 0 Å². The molecule has 22 heavy (non-hydrogen) atoms. The van der Waals surface area contributed by atoms with Crippen molar-refractivity contribution in [1.82, 2.24) is 9.97 Å². The number of hydrogen-bond acceptors (Lipinski definition) is 4. The minimum atomic E-state index is -0.0906. The lowest BCUT2D eigenvalue weighted by Gasteiger charge is -2.19. The Kier molecular flexibility index (Phi) is 4.25. The average Bonchev–Trinajstić information content (AvgIpc) is 3.07. The zero-order chi connectivity index (χ0) is 15.4. The predicted octanol–water partition coefficient (Wildman–Crippen LogP) is 3.87. The molecule has 0 spiro atoms. The van der Waals surface area contributed by atoms with Gasteiger partial charge >= 0.3 is 0 Å². The molecular weight excluding hydrogens is 294 g/mol. The van der Waals surface area contributed by atoms with Crippen molar-refractivity contribution in [3.63, 3.8) is 0 Å². The van der Waals surface area contributed by atoms with E-state index in [1.807, 2.05) is 55.5 Å². The molecule has 5 heteroatoms. The molecule has 3 rings (SSSR count). The average molecular weight is 309 g/mol. The molecule has 0 N–H and O–H groups in total. The summed E-state index contributed by atoms with van der Waals surface area (Å²) in [5.41, 5.74) is 2.12. The molecule has 0 bridgehead atoms. The molecule has 0 saturated carbocycles. The normalized spacial score (nSPS) is 10.4. The number of anilines is 1. The molecule has 0 aliphatic rings. The minimum absolute atomic E-state index is 0.0906. The monoisotopic (exact) mass is 309 g/mol. The lowest BCUT2D eigenvalue weighted by molar-refractivity contribution is 0.0984. The number of pyridine rings is 1. The number of nitrogens with zero attached hydrogens (tertiary/aromatic N) is 3. The van der Waals surface area contributed by atoms with Crippen LogP contribution < -0.4 is 4.90 Å². The fraction of sp³-hybridized carbons (Fsp3) is 0.118. The third-order valence-electron chi connectivity index (χ3n) is 3.24. The Labute approximate surface area is 133 Å². The van der Waals surface area contributed by atoms with E-state index in [0.717, 1.165) is 16.4 Å². The van der Waals surface area contributed by atoms with E-state index in [4.69, 9.17) is 0 Å². The molecule has 0 fully saturated rings. The lowest BCUT2D eigenvalue weighted by Crippen LogP contribution is -2.30. The summed E-state index contributed by atoms with van der Waals surface area (Å²) in [5, 5.41) is 2.55. The van der Waals surface area contributed by atoms with E-state index in [-0.39, 0.29) is 5.91 Å². The van der Waals surface area contributed by atoms with Crippen molar-refractivity contribution in [1.29, 1.82) is 0 Å². The summed E-state index contributed by atoms with van der Waals surface area (Å²) in [7, 11) is 0. The molecular formula is C17H15N3OS. The van der Waals surface area contributed by atoms with Crippen molar-refractivity contribution < 1.29 is 4.79 Å². The molecule has 110 valence electrons. The summed E-state index contributed by atoms with van der Waals surface area (Å²) >= 11 is 1.43. The van der Waals surface area contributed by atoms with Crippen LogP contribution in [-0.4, -0.2) is 22.4 Å². The van der Waals surface area contributed by atoms with Gasteiger partial charge in [-0.3, -0.25) is 9.78 Å². The maximum atomic E-state index is 12.7. The number of rotatable bonds is 4. The van der Waals surface area contributed by atoms with Crippen molar-refractivity contribution in [2.24, 2.45) is 0 Å². The zero-order valence-corrected chi connectivity index (χ0v) is 13.0. The molecule has 0 unspecified atom stereocenters. The standard InChI is InChI=1S/C17H15N3OS/c1-2-20(13-8-4-3-5-9-13)17(21)15-12-22-16(19-15)14-10-6-7-11-18-14/h3-12H,2H2,1H3. The highest BCUT2D eigenvalue weighted by Crippen LogP contribution is 2.23. The van der Waals surface area contributed by atoms with Crippen molar-refractivity contribution in [2.75, 3.05) is 11.4 Å². The van der Waals surface area contributed by atoms with E-state index in [1.165, 1.54) is 11.3 Å². The molecule has 0 radical (unpaired) electrons. The maximum absolute atomic E-state index is 12.7. The summed E-state index contributed by atoms with van der Waals surface area (Å²) in [6, 6.07) is 15.3. The van der Waals surface area contributed by atoms with Crippen molar-refractivity contribution in [2.45, 2.75) is 6.92 Å². The Morgan fingerprint density at radius 1 is 1.14 bits per heavy atom. The molecule has 0 aliphatic carbocycles. The first kappa shape index (κ1) is 14.4. The number of amides is 1. The van der Waals surface area contributed by atoms with E-state index in [9.17, 15) is 4.79 Å². The van der Waals surface area contributed by atoms with Gasteiger partial charge in [0.25, 0.3) is 5.91 Å². The molecule has 1 aromatic carbocycles. The minimum Gasteiger partial charge on any atom is -0.307 e. The third-order valence-corrected chi connectivity index (χ3v) is 4.10. The number of aromatic nitrogens is 2. The number of benzene rings is 1. The highest BCUT2D eigenvalue weighted by Gasteiger charge is 2.19. The van der Waals surface area contributed by atoms with Crippen molar-refractivity contribution >= 4 is 22.9 Å². The van der Waals surface area contributed by atoms with Gasteiger partial charge in [-0.1, -0.05) is 24.3 Å². The van der Waals surface area contributed by atoms with E-state index in [1.54, 1.807) is 16.5 Å². The van der Waals surface area contributed by atoms with Gasteiger partial charge in [-0.2, -0.15) is 0 Å². The molecule has 2 aromatic heterocycles. The van der Waals surface area contributed by atoms with Gasteiger partial charge in [0.15, 0.2) is 0 Å². The lowest BCUT2D eigenvalue weighted by atomic mass is 10.2. The first-order valence-electron chi connectivity index (χ1n) is 7.03. The highest BCUT2D eigenvalue weighted by atomic mass is 32.1. The maximum Gasteiger partial charge on any atom is 0.277 e. The SMILES string of the molecule is CCN(C(=O)c1csc(-c2ccccn2)n1)c1ccccc1. The number of thiazole rings is 1. The van der Waals surface area contributed by atoms with E-state index in [0.29, 0.717) is 12.2 Å². The molecule has 0 atom stereocenters. The van der Waals surface area contributed by atoms with Crippen LogP contribution >= 0.6 is 11.3 Å². The first-order valence-corrected chi connectivity index (χ1v) is 7.91. The molecule has 0 saturated heterocycles. The van der Waals surface area contributed by atoms with Crippen LogP contribution in [0.4, 0.5) is 5.69 Å². The topological polar surface area (TPSA) is 46.1 Å². The van der Waals surface area contributed by atoms with Crippen LogP contribution in [0.25, 0.3) is 10.7 Å². The Bertz CT molecular complexity index is 756. The molecule has 2 heterocycles. The summed E-state index contributed by atoms with van der Waals surface area (Å²) in [6.45, 7) is 2.55. The summed E-state index contributed by atoms with van der Waals surface area (Å²) in [4.78, 5) is 23.1. The second-order valence-electron chi connectivity index (χ2n) is 4.64. The largest absolute Gasteiger partial charge is 0.307 e. The fourth-order valence-electron chi connectivity index (χ4n) is 2.17. The Morgan fingerprint density at radius 3 is 2.59 bits per heavy atom. The number of hydrogen-bond donors (Lipinski definition) is 0. The van der Waals surface area contributed by atoms with Crippen molar-refractivity contribution in [3.05, 3.63) is 65.8 Å². The van der Waals surface area contributed by atoms with E-state index in [2.05, 4.69) is 9.97 Å². The van der Waals surface area contributed by atoms with E-state index >= 15 is 0 Å². The smallest absolute Gasteiger partial charge is 0.277 e. The van der Waals surface area contributed by atoms with Gasteiger partial charge in [0, 0.05) is 23.8 Å². The quantitative estimate of drug-likeness (QED) is 0.735. The Balaban J connectivity index is 1.88. The van der Waals surface area contributed by atoms with Crippen LogP contribution in [0, 0.1) is 0 Å². The second kappa shape index (κ2) is 6.49. The van der Waals surface area contributed by atoms with Gasteiger partial charge in [-0.15, -0.1) is 11.3 Å². The van der Waals surface area contributed by atoms with Crippen molar-refractivity contribution in [3.8, 4) is 10.7 Å². The van der Waals surface area contributed by atoms with Gasteiger partial charge < -0.3 is 4.90 Å². The molecule has 3 aromatic rings. The number of carbonyl (C=O) groups is 1. The van der Waals surface area contributed by atoms with Crippen LogP contribution in [0.15, 0.2) is 60.1 Å². The highest BCUT2D eigenvalue weighted by molar-refractivity contribution is 7.13. The number of para-hydroxylation sites is 1. The Hall–Kier alpha value is -2.53. The van der Waals surface area contributed by atoms with Crippen LogP contribution in [0.5, 0.6) is 0 Å². The van der Waals surface area contributed by atoms with E-state index < -0.39 is 0 Å².